The van der Waals surface area contributed by atoms with E-state index in [2.05, 4.69) is 8.73 Å². The van der Waals surface area contributed by atoms with Crippen molar-refractivity contribution in [3.8, 4) is 0 Å². The van der Waals surface area contributed by atoms with Crippen LogP contribution in [0.15, 0.2) is 33.0 Å². The number of hydrogen-bond acceptors (Lipinski definition) is 4. The molecule has 0 atom stereocenters. The van der Waals surface area contributed by atoms with E-state index in [1.165, 1.54) is 24.3 Å². The molecule has 1 rings (SSSR count). The molecule has 0 fully saturated rings. The molecule has 18 heavy (non-hydrogen) atoms. The van der Waals surface area contributed by atoms with E-state index in [-0.39, 0.29) is 11.1 Å². The van der Waals surface area contributed by atoms with Gasteiger partial charge in [-0.25, -0.2) is 0 Å². The van der Waals surface area contributed by atoms with Gasteiger partial charge in [-0.15, -0.1) is 0 Å². The molecule has 0 saturated carbocycles. The third kappa shape index (κ3) is 6.55. The fraction of sp³-hybridized carbons (Fsp3) is 0.250. The summed E-state index contributed by atoms with van der Waals surface area (Å²) in [6, 6.07) is 5.55. The number of hydrogen-bond donors (Lipinski definition) is 0. The second-order valence-electron chi connectivity index (χ2n) is 3.19. The molecule has 0 aliphatic heterocycles. The van der Waals surface area contributed by atoms with Crippen molar-refractivity contribution in [2.75, 3.05) is 0 Å². The Morgan fingerprint density at radius 2 is 1.28 bits per heavy atom. The number of nitrogens with zero attached hydrogens (tertiary/aromatic N) is 2. The molecule has 0 bridgehead atoms. The summed E-state index contributed by atoms with van der Waals surface area (Å²) in [6.07, 6.45) is 0. The SMILES string of the molecule is O=S(F)(F)=NCc1cccc(CN=S(=O)(F)F)c1. The molecule has 0 aliphatic rings. The molecule has 4 nitrogen and oxygen atoms in total. The number of halogens is 4. The predicted octanol–water partition coefficient (Wildman–Crippen LogP) is 3.16. The van der Waals surface area contributed by atoms with Gasteiger partial charge in [0.1, 0.15) is 0 Å². The van der Waals surface area contributed by atoms with Crippen LogP contribution in [0.5, 0.6) is 0 Å². The monoisotopic (exact) mass is 304 g/mol. The van der Waals surface area contributed by atoms with E-state index in [0.717, 1.165) is 0 Å². The Bertz CT molecular complexity index is 592. The highest BCUT2D eigenvalue weighted by atomic mass is 32.3. The van der Waals surface area contributed by atoms with Crippen molar-refractivity contribution in [2.45, 2.75) is 13.1 Å². The fourth-order valence-corrected chi connectivity index (χ4v) is 1.72. The highest BCUT2D eigenvalue weighted by Gasteiger charge is 2.03. The van der Waals surface area contributed by atoms with E-state index in [1.807, 2.05) is 0 Å². The Morgan fingerprint density at radius 3 is 1.61 bits per heavy atom. The molecule has 0 saturated heterocycles. The number of rotatable bonds is 4. The lowest BCUT2D eigenvalue weighted by molar-refractivity contribution is 0.582. The molecule has 10 heteroatoms. The van der Waals surface area contributed by atoms with Crippen molar-refractivity contribution in [3.05, 3.63) is 35.4 Å². The molecule has 0 unspecified atom stereocenters. The minimum Gasteiger partial charge on any atom is -0.180 e. The summed E-state index contributed by atoms with van der Waals surface area (Å²) in [5, 5.41) is 0. The third-order valence-electron chi connectivity index (χ3n) is 1.79. The molecule has 0 heterocycles. The summed E-state index contributed by atoms with van der Waals surface area (Å²) in [5.74, 6) is 0. The molecule has 0 N–H and O–H groups in total. The quantitative estimate of drug-likeness (QED) is 0.633. The minimum absolute atomic E-state index is 0.273. The van der Waals surface area contributed by atoms with Crippen LogP contribution in [0.1, 0.15) is 11.1 Å². The molecule has 0 spiro atoms. The molecule has 0 amide bonds. The second kappa shape index (κ2) is 5.65. The van der Waals surface area contributed by atoms with Crippen LogP contribution in [-0.4, -0.2) is 8.42 Å². The first-order valence-electron chi connectivity index (χ1n) is 4.48. The summed E-state index contributed by atoms with van der Waals surface area (Å²) in [7, 11) is -10.4. The Labute approximate surface area is 103 Å². The van der Waals surface area contributed by atoms with Crippen LogP contribution >= 0.6 is 0 Å². The van der Waals surface area contributed by atoms with Crippen LogP contribution in [0, 0.1) is 0 Å². The van der Waals surface area contributed by atoms with Crippen LogP contribution in [0.3, 0.4) is 0 Å². The third-order valence-corrected chi connectivity index (χ3v) is 2.65. The van der Waals surface area contributed by atoms with Gasteiger partial charge in [0.15, 0.2) is 0 Å². The summed E-state index contributed by atoms with van der Waals surface area (Å²) < 4.78 is 73.4. The summed E-state index contributed by atoms with van der Waals surface area (Å²) in [4.78, 5) is 0. The maximum Gasteiger partial charge on any atom is 0.367 e. The highest BCUT2D eigenvalue weighted by molar-refractivity contribution is 7.83. The lowest BCUT2D eigenvalue weighted by atomic mass is 10.1. The molecular weight excluding hydrogens is 296 g/mol. The average Bonchev–Trinajstić information content (AvgIpc) is 2.22. The average molecular weight is 304 g/mol. The smallest absolute Gasteiger partial charge is 0.180 e. The van der Waals surface area contributed by atoms with Gasteiger partial charge in [-0.1, -0.05) is 39.8 Å². The first-order chi connectivity index (χ1) is 8.16. The van der Waals surface area contributed by atoms with E-state index in [0.29, 0.717) is 0 Å². The van der Waals surface area contributed by atoms with Crippen molar-refractivity contribution in [2.24, 2.45) is 8.73 Å². The van der Waals surface area contributed by atoms with Gasteiger partial charge >= 0.3 is 21.0 Å². The maximum absolute atomic E-state index is 12.0. The zero-order chi connectivity index (χ0) is 13.8. The maximum atomic E-state index is 12.0. The lowest BCUT2D eigenvalue weighted by Crippen LogP contribution is -1.89. The van der Waals surface area contributed by atoms with E-state index in [1.54, 1.807) is 0 Å². The minimum atomic E-state index is -5.19. The highest BCUT2D eigenvalue weighted by Crippen LogP contribution is 2.11. The number of benzene rings is 1. The molecule has 1 aromatic rings. The van der Waals surface area contributed by atoms with Gasteiger partial charge in [0.2, 0.25) is 0 Å². The van der Waals surface area contributed by atoms with Crippen molar-refractivity contribution in [1.82, 2.24) is 0 Å². The van der Waals surface area contributed by atoms with Gasteiger partial charge in [-0.2, -0.15) is 17.1 Å². The summed E-state index contributed by atoms with van der Waals surface area (Å²) in [5.41, 5.74) is 0.546. The predicted molar refractivity (Wildman–Crippen MR) is 59.4 cm³/mol. The van der Waals surface area contributed by atoms with Crippen molar-refractivity contribution < 1.29 is 24.0 Å². The standard InChI is InChI=1S/C8H8F4N2O2S2/c9-17(10,15)13-5-7-2-1-3-8(4-7)6-14-18(11,12)16/h1-4H,5-6H2. The van der Waals surface area contributed by atoms with Gasteiger partial charge in [0, 0.05) is 0 Å². The second-order valence-corrected chi connectivity index (χ2v) is 5.29. The normalized spacial score (nSPS) is 12.2. The van der Waals surface area contributed by atoms with E-state index in [4.69, 9.17) is 0 Å². The molecule has 102 valence electrons. The Kier molecular flexibility index (Phi) is 4.68. The van der Waals surface area contributed by atoms with Crippen LogP contribution in [-0.2, 0) is 34.1 Å². The van der Waals surface area contributed by atoms with Gasteiger partial charge in [-0.3, -0.25) is 0 Å². The zero-order valence-electron chi connectivity index (χ0n) is 8.76. The van der Waals surface area contributed by atoms with Crippen molar-refractivity contribution >= 4 is 21.0 Å². The largest absolute Gasteiger partial charge is 0.367 e. The summed E-state index contributed by atoms with van der Waals surface area (Å²) >= 11 is 0. The molecule has 1 aromatic carbocycles. The van der Waals surface area contributed by atoms with E-state index >= 15 is 0 Å². The van der Waals surface area contributed by atoms with Crippen LogP contribution in [0.25, 0.3) is 0 Å². The molecule has 0 radical (unpaired) electrons. The Morgan fingerprint density at radius 1 is 0.889 bits per heavy atom. The van der Waals surface area contributed by atoms with Gasteiger partial charge < -0.3 is 0 Å². The Balaban J connectivity index is 2.87. The topological polar surface area (TPSA) is 58.9 Å². The zero-order valence-corrected chi connectivity index (χ0v) is 10.4. The fourth-order valence-electron chi connectivity index (χ4n) is 1.13. The lowest BCUT2D eigenvalue weighted by Gasteiger charge is -2.00. The molecular formula is C8H8F4N2O2S2. The van der Waals surface area contributed by atoms with Crippen molar-refractivity contribution in [1.29, 1.82) is 0 Å². The van der Waals surface area contributed by atoms with E-state index < -0.39 is 34.1 Å². The van der Waals surface area contributed by atoms with Gasteiger partial charge in [0.25, 0.3) is 0 Å². The van der Waals surface area contributed by atoms with Crippen LogP contribution < -0.4 is 0 Å². The van der Waals surface area contributed by atoms with Crippen LogP contribution in [0.2, 0.25) is 0 Å². The van der Waals surface area contributed by atoms with Crippen LogP contribution in [0.4, 0.5) is 15.5 Å². The first kappa shape index (κ1) is 14.9. The van der Waals surface area contributed by atoms with E-state index in [9.17, 15) is 24.0 Å². The molecule has 0 aromatic heterocycles. The molecule has 0 aliphatic carbocycles. The Hall–Kier alpha value is -1.16. The summed E-state index contributed by atoms with van der Waals surface area (Å²) in [6.45, 7) is -0.999. The first-order valence-corrected chi connectivity index (χ1v) is 7.11. The van der Waals surface area contributed by atoms with Gasteiger partial charge in [-0.05, 0) is 11.1 Å². The van der Waals surface area contributed by atoms with Crippen molar-refractivity contribution in [3.63, 3.8) is 0 Å². The van der Waals surface area contributed by atoms with Gasteiger partial charge in [0.05, 0.1) is 13.1 Å².